The summed E-state index contributed by atoms with van der Waals surface area (Å²) in [6, 6.07) is -1.70. The van der Waals surface area contributed by atoms with Crippen molar-refractivity contribution < 1.29 is 83.8 Å². The first-order valence-electron chi connectivity index (χ1n) is 8.35. The van der Waals surface area contributed by atoms with E-state index >= 15 is 0 Å². The van der Waals surface area contributed by atoms with Crippen LogP contribution in [0, 0.1) is 0 Å². The van der Waals surface area contributed by atoms with E-state index in [2.05, 4.69) is 18.3 Å². The van der Waals surface area contributed by atoms with Crippen LogP contribution < -0.4 is 16.1 Å². The van der Waals surface area contributed by atoms with Gasteiger partial charge >= 0.3 is 0 Å². The van der Waals surface area contributed by atoms with Gasteiger partial charge in [0, 0.05) is 0 Å². The van der Waals surface area contributed by atoms with E-state index in [1.807, 2.05) is 0 Å². The van der Waals surface area contributed by atoms with Gasteiger partial charge in [-0.05, 0) is 6.08 Å². The molecule has 0 aromatic heterocycles. The van der Waals surface area contributed by atoms with Gasteiger partial charge in [-0.15, -0.1) is 0 Å². The van der Waals surface area contributed by atoms with E-state index in [0.29, 0.717) is 6.08 Å². The molecule has 8 atom stereocenters. The van der Waals surface area contributed by atoms with Crippen LogP contribution in [0.1, 0.15) is 0 Å². The fourth-order valence-electron chi connectivity index (χ4n) is 2.81. The van der Waals surface area contributed by atoms with E-state index in [1.165, 1.54) is 0 Å². The molecule has 2 aliphatic rings. The number of hydrogen-bond acceptors (Lipinski definition) is 19. The highest BCUT2D eigenvalue weighted by Gasteiger charge is 2.50. The Kier molecular flexibility index (Phi) is 9.05. The standard InChI is InChI=1S/C12H19NO18S2/c13-6-9(29-31-18)8(5(26-11(6)17)2-25-32(19,20)21)28-12-7(30-33(22,23)24)3(14)1-4(27-12)10(15)16/h1,3,5-9,11-12,14,17-18H,2,13H2,(H,15,16)(H,19,20,21)(H,22,23,24)/p-4/t3-,5?,6?,7?,8+,9+,11+,12-/m0/s1. The third kappa shape index (κ3) is 7.72. The number of aliphatic hydroxyl groups excluding tert-OH is 2. The van der Waals surface area contributed by atoms with Gasteiger partial charge in [-0.25, -0.2) is 21.7 Å². The maximum absolute atomic E-state index is 11.1. The van der Waals surface area contributed by atoms with Crippen LogP contribution in [-0.4, -0.2) is 97.9 Å². The second-order valence-electron chi connectivity index (χ2n) is 6.33. The Balaban J connectivity index is 2.42. The van der Waals surface area contributed by atoms with Crippen molar-refractivity contribution in [3.63, 3.8) is 0 Å². The summed E-state index contributed by atoms with van der Waals surface area (Å²) in [5.41, 5.74) is 5.58. The monoisotopic (exact) mass is 525 g/mol. The van der Waals surface area contributed by atoms with Crippen molar-refractivity contribution in [2.75, 3.05) is 6.61 Å². The zero-order valence-electron chi connectivity index (χ0n) is 15.7. The number of nitrogens with two attached hydrogens (primary N) is 1. The van der Waals surface area contributed by atoms with Crippen molar-refractivity contribution in [3.8, 4) is 0 Å². The molecule has 3 unspecified atom stereocenters. The SMILES string of the molecule is NC1[C@H](O)OC(COS(=O)(=O)[O-])[C@@H](O[C@@H]2OC(C(=O)[O-])=C[C@H](O)C2OS(=O)(=O)[O-])[C@@H]1OO[O-]. The summed E-state index contributed by atoms with van der Waals surface area (Å²) in [6.45, 7) is -1.22. The van der Waals surface area contributed by atoms with Crippen molar-refractivity contribution in [1.29, 1.82) is 0 Å². The molecule has 0 aromatic rings. The molecule has 2 rings (SSSR count). The lowest BCUT2D eigenvalue weighted by Gasteiger charge is -2.45. The average molecular weight is 525 g/mol. The first kappa shape index (κ1) is 27.7. The normalized spacial score (nSPS) is 35.5. The Hall–Kier alpha value is -1.57. The van der Waals surface area contributed by atoms with Crippen LogP contribution >= 0.6 is 0 Å². The molecule has 19 nitrogen and oxygen atoms in total. The molecule has 0 aliphatic carbocycles. The first-order chi connectivity index (χ1) is 15.1. The zero-order chi connectivity index (χ0) is 25.1. The predicted molar refractivity (Wildman–Crippen MR) is 83.9 cm³/mol. The van der Waals surface area contributed by atoms with Crippen molar-refractivity contribution in [2.24, 2.45) is 5.73 Å². The van der Waals surface area contributed by atoms with Crippen molar-refractivity contribution >= 4 is 26.8 Å². The van der Waals surface area contributed by atoms with Crippen LogP contribution in [0.5, 0.6) is 0 Å². The van der Waals surface area contributed by atoms with Crippen LogP contribution in [-0.2, 0) is 58.1 Å². The van der Waals surface area contributed by atoms with Gasteiger partial charge in [0.25, 0.3) is 0 Å². The van der Waals surface area contributed by atoms with Crippen LogP contribution in [0.25, 0.3) is 0 Å². The van der Waals surface area contributed by atoms with Gasteiger partial charge in [0.15, 0.2) is 12.4 Å². The lowest BCUT2D eigenvalue weighted by Crippen LogP contribution is -2.65. The number of aliphatic hydroxyl groups is 2. The minimum Gasteiger partial charge on any atom is -0.726 e. The van der Waals surface area contributed by atoms with Gasteiger partial charge in [-0.1, -0.05) is 0 Å². The number of carbonyl (C=O) groups is 1. The van der Waals surface area contributed by atoms with E-state index in [1.54, 1.807) is 0 Å². The molecule has 0 bridgehead atoms. The predicted octanol–water partition coefficient (Wildman–Crippen LogP) is -7.32. The number of rotatable bonds is 10. The second-order valence-corrected chi connectivity index (χ2v) is 8.39. The van der Waals surface area contributed by atoms with Gasteiger partial charge in [0.05, 0.1) is 12.6 Å². The molecular weight excluding hydrogens is 510 g/mol. The zero-order valence-corrected chi connectivity index (χ0v) is 17.4. The maximum atomic E-state index is 11.1. The second kappa shape index (κ2) is 10.8. The summed E-state index contributed by atoms with van der Waals surface area (Å²) in [5.74, 6) is -3.16. The Morgan fingerprint density at radius 1 is 1.12 bits per heavy atom. The number of carboxylic acids is 1. The van der Waals surface area contributed by atoms with E-state index in [-0.39, 0.29) is 0 Å². The summed E-state index contributed by atoms with van der Waals surface area (Å²) >= 11 is 0. The Labute approximate surface area is 184 Å². The molecule has 0 amide bonds. The topological polar surface area (TPSA) is 309 Å². The molecular formula is C12H15NO18S2-4. The Bertz CT molecular complexity index is 934. The van der Waals surface area contributed by atoms with E-state index < -0.39 is 88.3 Å². The van der Waals surface area contributed by atoms with Crippen LogP contribution in [0.15, 0.2) is 11.8 Å². The highest BCUT2D eigenvalue weighted by molar-refractivity contribution is 7.81. The van der Waals surface area contributed by atoms with Gasteiger partial charge in [0.2, 0.25) is 27.1 Å². The molecule has 0 spiro atoms. The molecule has 2 aliphatic heterocycles. The summed E-state index contributed by atoms with van der Waals surface area (Å²) < 4.78 is 88.3. The number of hydrogen-bond donors (Lipinski definition) is 3. The third-order valence-corrected chi connectivity index (χ3v) is 5.01. The lowest BCUT2D eigenvalue weighted by atomic mass is 9.97. The molecule has 0 radical (unpaired) electrons. The minimum absolute atomic E-state index is 0.400. The summed E-state index contributed by atoms with van der Waals surface area (Å²) in [4.78, 5) is 15.4. The van der Waals surface area contributed by atoms with Crippen LogP contribution in [0.3, 0.4) is 0 Å². The van der Waals surface area contributed by atoms with Crippen molar-refractivity contribution in [3.05, 3.63) is 11.8 Å². The highest BCUT2D eigenvalue weighted by atomic mass is 32.3. The molecule has 21 heteroatoms. The van der Waals surface area contributed by atoms with E-state index in [0.717, 1.165) is 0 Å². The minimum atomic E-state index is -5.56. The number of carboxylic acid groups (broad SMARTS) is 1. The van der Waals surface area contributed by atoms with Gasteiger partial charge in [-0.2, -0.15) is 0 Å². The fourth-order valence-corrected chi connectivity index (χ4v) is 3.59. The van der Waals surface area contributed by atoms with Gasteiger partial charge in [-0.3, -0.25) is 13.4 Å². The smallest absolute Gasteiger partial charge is 0.231 e. The van der Waals surface area contributed by atoms with E-state index in [4.69, 9.17) is 19.9 Å². The number of aliphatic carboxylic acids is 1. The van der Waals surface area contributed by atoms with Crippen molar-refractivity contribution in [1.82, 2.24) is 0 Å². The highest BCUT2D eigenvalue weighted by Crippen LogP contribution is 2.30. The lowest BCUT2D eigenvalue weighted by molar-refractivity contribution is -0.807. The quantitative estimate of drug-likeness (QED) is 0.103. The molecule has 1 fully saturated rings. The summed E-state index contributed by atoms with van der Waals surface area (Å²) in [5, 5.41) is 44.6. The number of ether oxygens (including phenoxy) is 3. The molecule has 0 aromatic carbocycles. The number of carbonyl (C=O) groups excluding carboxylic acids is 1. The summed E-state index contributed by atoms with van der Waals surface area (Å²) in [7, 11) is -10.9. The van der Waals surface area contributed by atoms with Gasteiger partial charge < -0.3 is 54.4 Å². The summed E-state index contributed by atoms with van der Waals surface area (Å²) in [6.07, 6.45) is -14.1. The molecule has 2 heterocycles. The fraction of sp³-hybridized carbons (Fsp3) is 0.750. The maximum Gasteiger partial charge on any atom is 0.231 e. The molecule has 192 valence electrons. The molecule has 0 saturated carbocycles. The largest absolute Gasteiger partial charge is 0.726 e. The first-order valence-corrected chi connectivity index (χ1v) is 11.0. The van der Waals surface area contributed by atoms with Crippen LogP contribution in [0.2, 0.25) is 0 Å². The van der Waals surface area contributed by atoms with Gasteiger partial charge in [0.1, 0.15) is 36.1 Å². The average Bonchev–Trinajstić information content (AvgIpc) is 2.66. The van der Waals surface area contributed by atoms with Crippen LogP contribution in [0.4, 0.5) is 0 Å². The van der Waals surface area contributed by atoms with E-state index in [9.17, 15) is 51.3 Å². The Morgan fingerprint density at radius 3 is 2.27 bits per heavy atom. The Morgan fingerprint density at radius 2 is 1.76 bits per heavy atom. The third-order valence-electron chi connectivity index (χ3n) is 4.13. The van der Waals surface area contributed by atoms with Crippen molar-refractivity contribution in [2.45, 2.75) is 49.1 Å². The molecule has 1 saturated heterocycles. The molecule has 33 heavy (non-hydrogen) atoms. The molecule has 4 N–H and O–H groups in total.